The van der Waals surface area contributed by atoms with Gasteiger partial charge in [-0.1, -0.05) is 18.1 Å². The van der Waals surface area contributed by atoms with E-state index in [9.17, 15) is 9.59 Å². The minimum Gasteiger partial charge on any atom is -0.480 e. The van der Waals surface area contributed by atoms with Gasteiger partial charge in [0.15, 0.2) is 0 Å². The molecule has 0 unspecified atom stereocenters. The minimum atomic E-state index is -1.08. The number of carboxylic acids is 1. The van der Waals surface area contributed by atoms with E-state index in [0.29, 0.717) is 5.56 Å². The van der Waals surface area contributed by atoms with Crippen molar-refractivity contribution in [1.82, 2.24) is 4.90 Å². The second kappa shape index (κ2) is 7.49. The Balaban J connectivity index is 2.84. The third-order valence-electron chi connectivity index (χ3n) is 2.41. The topological polar surface area (TPSA) is 57.6 Å². The molecule has 4 nitrogen and oxygen atoms in total. The lowest BCUT2D eigenvalue weighted by Gasteiger charge is -2.18. The summed E-state index contributed by atoms with van der Waals surface area (Å²) in [5.74, 6) is 1.72. The number of carbonyl (C=O) groups excluding carboxylic acids is 1. The van der Waals surface area contributed by atoms with E-state index >= 15 is 0 Å². The molecule has 1 amide bonds. The lowest BCUT2D eigenvalue weighted by Crippen LogP contribution is -2.35. The molecule has 0 saturated carbocycles. The summed E-state index contributed by atoms with van der Waals surface area (Å²) in [5.41, 5.74) is 1.56. The van der Waals surface area contributed by atoms with E-state index in [2.05, 4.69) is 5.92 Å². The Bertz CT molecular complexity index is 490. The number of carboxylic acid groups (broad SMARTS) is 1. The maximum atomic E-state index is 12.1. The Labute approximate surface area is 116 Å². The number of carbonyl (C=O) groups is 2. The SMILES string of the molecule is C#CCN(CC(=O)O)C(=O)c1ccc(CSC)cc1. The fourth-order valence-corrected chi connectivity index (χ4v) is 2.09. The zero-order valence-electron chi connectivity index (χ0n) is 10.6. The zero-order chi connectivity index (χ0) is 14.3. The van der Waals surface area contributed by atoms with Crippen LogP contribution in [0, 0.1) is 12.3 Å². The summed E-state index contributed by atoms with van der Waals surface area (Å²) in [4.78, 5) is 23.9. The Morgan fingerprint density at radius 2 is 2.00 bits per heavy atom. The molecule has 1 N–H and O–H groups in total. The van der Waals surface area contributed by atoms with E-state index in [4.69, 9.17) is 11.5 Å². The molecule has 100 valence electrons. The number of terminal acetylenes is 1. The van der Waals surface area contributed by atoms with Crippen LogP contribution in [-0.2, 0) is 10.5 Å². The van der Waals surface area contributed by atoms with Crippen molar-refractivity contribution in [2.24, 2.45) is 0 Å². The van der Waals surface area contributed by atoms with E-state index in [0.717, 1.165) is 16.2 Å². The van der Waals surface area contributed by atoms with Gasteiger partial charge in [0.25, 0.3) is 5.91 Å². The molecule has 0 radical (unpaired) electrons. The number of thioether (sulfide) groups is 1. The molecule has 5 heteroatoms. The van der Waals surface area contributed by atoms with Crippen LogP contribution in [-0.4, -0.2) is 41.2 Å². The van der Waals surface area contributed by atoms with Crippen molar-refractivity contribution in [3.8, 4) is 12.3 Å². The van der Waals surface area contributed by atoms with Gasteiger partial charge in [0.2, 0.25) is 0 Å². The molecule has 0 heterocycles. The maximum Gasteiger partial charge on any atom is 0.323 e. The second-order valence-corrected chi connectivity index (χ2v) is 4.76. The lowest BCUT2D eigenvalue weighted by atomic mass is 10.1. The van der Waals surface area contributed by atoms with Gasteiger partial charge in [0.1, 0.15) is 6.54 Å². The number of aliphatic carboxylic acids is 1. The van der Waals surface area contributed by atoms with Crippen LogP contribution in [0.5, 0.6) is 0 Å². The quantitative estimate of drug-likeness (QED) is 0.804. The Morgan fingerprint density at radius 3 is 2.47 bits per heavy atom. The van der Waals surface area contributed by atoms with Gasteiger partial charge in [0, 0.05) is 11.3 Å². The molecule has 1 aromatic carbocycles. The highest BCUT2D eigenvalue weighted by molar-refractivity contribution is 7.97. The van der Waals surface area contributed by atoms with Gasteiger partial charge < -0.3 is 10.0 Å². The van der Waals surface area contributed by atoms with Gasteiger partial charge in [0.05, 0.1) is 6.54 Å². The number of hydrogen-bond donors (Lipinski definition) is 1. The molecule has 0 aliphatic rings. The van der Waals surface area contributed by atoms with Gasteiger partial charge in [-0.25, -0.2) is 0 Å². The average Bonchev–Trinajstić information content (AvgIpc) is 2.38. The number of hydrogen-bond acceptors (Lipinski definition) is 3. The molecule has 0 bridgehead atoms. The maximum absolute atomic E-state index is 12.1. The van der Waals surface area contributed by atoms with Crippen molar-refractivity contribution >= 4 is 23.6 Å². The fourth-order valence-electron chi connectivity index (χ4n) is 1.57. The molecular weight excluding hydrogens is 262 g/mol. The Kier molecular flexibility index (Phi) is 5.97. The van der Waals surface area contributed by atoms with Crippen LogP contribution in [0.2, 0.25) is 0 Å². The first-order valence-corrected chi connectivity index (χ1v) is 7.00. The monoisotopic (exact) mass is 277 g/mol. The number of benzene rings is 1. The predicted molar refractivity (Wildman–Crippen MR) is 76.0 cm³/mol. The molecule has 19 heavy (non-hydrogen) atoms. The summed E-state index contributed by atoms with van der Waals surface area (Å²) in [6.07, 6.45) is 7.15. The fraction of sp³-hybridized carbons (Fsp3) is 0.286. The highest BCUT2D eigenvalue weighted by atomic mass is 32.2. The first kappa shape index (κ1) is 15.1. The van der Waals surface area contributed by atoms with E-state index in [-0.39, 0.29) is 12.5 Å². The molecule has 1 aromatic rings. The Morgan fingerprint density at radius 1 is 1.37 bits per heavy atom. The van der Waals surface area contributed by atoms with Gasteiger partial charge in [-0.05, 0) is 24.0 Å². The van der Waals surface area contributed by atoms with Crippen molar-refractivity contribution in [3.63, 3.8) is 0 Å². The number of rotatable bonds is 6. The molecule has 0 saturated heterocycles. The van der Waals surface area contributed by atoms with E-state index in [1.807, 2.05) is 18.4 Å². The molecule has 0 fully saturated rings. The average molecular weight is 277 g/mol. The van der Waals surface area contributed by atoms with Gasteiger partial charge >= 0.3 is 5.97 Å². The largest absolute Gasteiger partial charge is 0.480 e. The molecular formula is C14H15NO3S. The van der Waals surface area contributed by atoms with Crippen LogP contribution in [0.25, 0.3) is 0 Å². The van der Waals surface area contributed by atoms with Crippen LogP contribution in [0.1, 0.15) is 15.9 Å². The van der Waals surface area contributed by atoms with E-state index < -0.39 is 12.5 Å². The summed E-state index contributed by atoms with van der Waals surface area (Å²) >= 11 is 1.69. The van der Waals surface area contributed by atoms with Gasteiger partial charge in [-0.15, -0.1) is 6.42 Å². The third-order valence-corrected chi connectivity index (χ3v) is 3.03. The zero-order valence-corrected chi connectivity index (χ0v) is 11.4. The van der Waals surface area contributed by atoms with Gasteiger partial charge in [-0.3, -0.25) is 9.59 Å². The molecule has 0 aromatic heterocycles. The highest BCUT2D eigenvalue weighted by Gasteiger charge is 2.17. The lowest BCUT2D eigenvalue weighted by molar-refractivity contribution is -0.137. The predicted octanol–water partition coefficient (Wildman–Crippen LogP) is 1.71. The minimum absolute atomic E-state index is 0.0162. The first-order valence-electron chi connectivity index (χ1n) is 5.61. The molecule has 0 aliphatic heterocycles. The molecule has 1 rings (SSSR count). The second-order valence-electron chi connectivity index (χ2n) is 3.89. The van der Waals surface area contributed by atoms with Crippen LogP contribution < -0.4 is 0 Å². The smallest absolute Gasteiger partial charge is 0.323 e. The van der Waals surface area contributed by atoms with Crippen LogP contribution in [0.4, 0.5) is 0 Å². The normalized spacial score (nSPS) is 9.68. The number of amides is 1. The van der Waals surface area contributed by atoms with Crippen LogP contribution in [0.15, 0.2) is 24.3 Å². The molecule has 0 aliphatic carbocycles. The summed E-state index contributed by atoms with van der Waals surface area (Å²) in [6, 6.07) is 7.11. The third kappa shape index (κ3) is 4.68. The van der Waals surface area contributed by atoms with Crippen LogP contribution >= 0.6 is 11.8 Å². The summed E-state index contributed by atoms with van der Waals surface area (Å²) in [7, 11) is 0. The highest BCUT2D eigenvalue weighted by Crippen LogP contribution is 2.12. The Hall–Kier alpha value is -1.93. The summed E-state index contributed by atoms with van der Waals surface area (Å²) < 4.78 is 0. The van der Waals surface area contributed by atoms with Gasteiger partial charge in [-0.2, -0.15) is 11.8 Å². The van der Waals surface area contributed by atoms with Crippen LogP contribution in [0.3, 0.4) is 0 Å². The molecule has 0 atom stereocenters. The van der Waals surface area contributed by atoms with E-state index in [1.165, 1.54) is 0 Å². The number of nitrogens with zero attached hydrogens (tertiary/aromatic N) is 1. The van der Waals surface area contributed by atoms with Crippen molar-refractivity contribution in [2.45, 2.75) is 5.75 Å². The van der Waals surface area contributed by atoms with Crippen molar-refractivity contribution in [2.75, 3.05) is 19.3 Å². The standard InChI is InChI=1S/C14H15NO3S/c1-3-8-15(9-13(16)17)14(18)12-6-4-11(5-7-12)10-19-2/h1,4-7H,8-10H2,2H3,(H,16,17). The van der Waals surface area contributed by atoms with Crippen molar-refractivity contribution in [3.05, 3.63) is 35.4 Å². The van der Waals surface area contributed by atoms with Crippen molar-refractivity contribution < 1.29 is 14.7 Å². The molecule has 0 spiro atoms. The summed E-state index contributed by atoms with van der Waals surface area (Å²) in [5, 5.41) is 8.76. The summed E-state index contributed by atoms with van der Waals surface area (Å²) in [6.45, 7) is -0.409. The first-order chi connectivity index (χ1) is 9.08. The van der Waals surface area contributed by atoms with E-state index in [1.54, 1.807) is 23.9 Å². The van der Waals surface area contributed by atoms with Crippen molar-refractivity contribution in [1.29, 1.82) is 0 Å².